The quantitative estimate of drug-likeness (QED) is 0.171. The molecule has 0 aromatic heterocycles. The molecule has 0 unspecified atom stereocenters. The number of rotatable bonds is 11. The fourth-order valence-corrected chi connectivity index (χ4v) is 3.26. The molecular weight excluding hydrogens is 422 g/mol. The molecule has 2 aromatic rings. The van der Waals surface area contributed by atoms with Crippen molar-refractivity contribution in [2.24, 2.45) is 0 Å². The fourth-order valence-electron chi connectivity index (χ4n) is 2.37. The molecule has 8 nitrogen and oxygen atoms in total. The van der Waals surface area contributed by atoms with Crippen LogP contribution in [0.25, 0.3) is 6.08 Å². The van der Waals surface area contributed by atoms with Crippen molar-refractivity contribution in [2.45, 2.75) is 11.8 Å². The molecule has 2 aromatic carbocycles. The second-order valence-electron chi connectivity index (χ2n) is 6.28. The highest BCUT2D eigenvalue weighted by Gasteiger charge is 2.14. The number of ether oxygens (including phenoxy) is 3. The molecule has 0 radical (unpaired) electrons. The van der Waals surface area contributed by atoms with Gasteiger partial charge in [0.15, 0.2) is 0 Å². The Morgan fingerprint density at radius 3 is 2.26 bits per heavy atom. The van der Waals surface area contributed by atoms with Crippen molar-refractivity contribution < 1.29 is 31.6 Å². The highest BCUT2D eigenvalue weighted by molar-refractivity contribution is 7.86. The first-order valence-corrected chi connectivity index (χ1v) is 10.7. The maximum atomic E-state index is 12.0. The van der Waals surface area contributed by atoms with Crippen LogP contribution in [0.1, 0.15) is 11.1 Å². The van der Waals surface area contributed by atoms with Crippen molar-refractivity contribution >= 4 is 22.2 Å². The van der Waals surface area contributed by atoms with Crippen molar-refractivity contribution in [3.63, 3.8) is 0 Å². The van der Waals surface area contributed by atoms with Gasteiger partial charge in [0.05, 0.1) is 31.8 Å². The van der Waals surface area contributed by atoms with E-state index >= 15 is 0 Å². The van der Waals surface area contributed by atoms with Crippen molar-refractivity contribution in [1.82, 2.24) is 0 Å². The van der Waals surface area contributed by atoms with Gasteiger partial charge in [-0.15, -0.1) is 0 Å². The highest BCUT2D eigenvalue weighted by Crippen LogP contribution is 2.15. The Hall–Kier alpha value is -3.19. The maximum absolute atomic E-state index is 12.0. The molecule has 0 aliphatic carbocycles. The molecule has 0 saturated carbocycles. The first kappa shape index (κ1) is 24.1. The average molecular weight is 445 g/mol. The minimum Gasteiger partial charge on any atom is -0.491 e. The van der Waals surface area contributed by atoms with Crippen LogP contribution < -0.4 is 4.74 Å². The number of aryl methyl sites for hydroxylation is 1. The lowest BCUT2D eigenvalue weighted by atomic mass is 10.1. The van der Waals surface area contributed by atoms with E-state index in [9.17, 15) is 13.2 Å². The third-order valence-corrected chi connectivity index (χ3v) is 5.32. The Labute approximate surface area is 181 Å². The average Bonchev–Trinajstić information content (AvgIpc) is 2.77. The number of esters is 1. The predicted molar refractivity (Wildman–Crippen MR) is 113 cm³/mol. The second kappa shape index (κ2) is 11.9. The summed E-state index contributed by atoms with van der Waals surface area (Å²) in [7, 11) is -2.59. The maximum Gasteiger partial charge on any atom is 0.348 e. The van der Waals surface area contributed by atoms with Crippen LogP contribution in [0, 0.1) is 18.3 Å². The molecule has 0 N–H and O–H groups in total. The molecule has 2 rings (SSSR count). The Morgan fingerprint density at radius 2 is 1.65 bits per heavy atom. The first-order chi connectivity index (χ1) is 14.9. The molecule has 31 heavy (non-hydrogen) atoms. The normalized spacial score (nSPS) is 11.6. The molecule has 164 valence electrons. The number of nitriles is 1. The van der Waals surface area contributed by atoms with E-state index in [0.29, 0.717) is 11.3 Å². The topological polar surface area (TPSA) is 112 Å². The summed E-state index contributed by atoms with van der Waals surface area (Å²) in [6.45, 7) is 2.37. The fraction of sp³-hybridized carbons (Fsp3) is 0.273. The molecule has 0 heterocycles. The zero-order valence-electron chi connectivity index (χ0n) is 17.2. The van der Waals surface area contributed by atoms with E-state index < -0.39 is 16.1 Å². The number of benzene rings is 2. The monoisotopic (exact) mass is 445 g/mol. The van der Waals surface area contributed by atoms with Crippen molar-refractivity contribution in [2.75, 3.05) is 33.5 Å². The minimum atomic E-state index is -3.80. The van der Waals surface area contributed by atoms with E-state index in [-0.39, 0.29) is 36.9 Å². The van der Waals surface area contributed by atoms with Crippen LogP contribution in [-0.4, -0.2) is 47.9 Å². The van der Waals surface area contributed by atoms with Crippen LogP contribution in [-0.2, 0) is 28.6 Å². The molecule has 0 aliphatic heterocycles. The SMILES string of the molecule is COC(=O)/C(C#N)=C/c1ccc(OCCOCCOS(=O)(=O)c2ccc(C)cc2)cc1. The van der Waals surface area contributed by atoms with E-state index in [0.717, 1.165) is 5.56 Å². The molecule has 0 aliphatic rings. The van der Waals surface area contributed by atoms with Crippen molar-refractivity contribution in [3.05, 3.63) is 65.2 Å². The Balaban J connectivity index is 1.69. The predicted octanol–water partition coefficient (Wildman–Crippen LogP) is 2.88. The summed E-state index contributed by atoms with van der Waals surface area (Å²) < 4.78 is 44.4. The van der Waals surface area contributed by atoms with Crippen LogP contribution in [0.3, 0.4) is 0 Å². The van der Waals surface area contributed by atoms with Gasteiger partial charge in [-0.1, -0.05) is 29.8 Å². The lowest BCUT2D eigenvalue weighted by Gasteiger charge is -2.08. The van der Waals surface area contributed by atoms with Crippen molar-refractivity contribution in [1.29, 1.82) is 5.26 Å². The third kappa shape index (κ3) is 7.86. The molecule has 0 fully saturated rings. The highest BCUT2D eigenvalue weighted by atomic mass is 32.2. The molecule has 0 atom stereocenters. The number of methoxy groups -OCH3 is 1. The largest absolute Gasteiger partial charge is 0.491 e. The summed E-state index contributed by atoms with van der Waals surface area (Å²) in [4.78, 5) is 11.5. The Kier molecular flexibility index (Phi) is 9.21. The Bertz CT molecular complexity index is 1040. The van der Waals surface area contributed by atoms with Gasteiger partial charge in [-0.25, -0.2) is 4.79 Å². The summed E-state index contributed by atoms with van der Waals surface area (Å²) in [5, 5.41) is 8.96. The van der Waals surface area contributed by atoms with Crippen LogP contribution >= 0.6 is 0 Å². The standard InChI is InChI=1S/C22H23NO7S/c1-17-3-9-21(10-4-17)31(25,26)30-14-12-28-11-13-29-20-7-5-18(6-8-20)15-19(16-23)22(24)27-2/h3-10,15H,11-14H2,1-2H3/b19-15+. The summed E-state index contributed by atoms with van der Waals surface area (Å²) in [5.41, 5.74) is 1.51. The second-order valence-corrected chi connectivity index (χ2v) is 7.90. The number of hydrogen-bond acceptors (Lipinski definition) is 8. The van der Waals surface area contributed by atoms with E-state index in [2.05, 4.69) is 4.74 Å². The molecule has 0 amide bonds. The van der Waals surface area contributed by atoms with Gasteiger partial charge < -0.3 is 14.2 Å². The molecule has 0 bridgehead atoms. The van der Waals surface area contributed by atoms with Gasteiger partial charge in [0.1, 0.15) is 24.0 Å². The molecule has 0 spiro atoms. The number of hydrogen-bond donors (Lipinski definition) is 0. The molecule has 9 heteroatoms. The third-order valence-electron chi connectivity index (χ3n) is 3.99. The summed E-state index contributed by atoms with van der Waals surface area (Å²) in [5.74, 6) is -0.119. The van der Waals surface area contributed by atoms with Gasteiger partial charge in [0.25, 0.3) is 10.1 Å². The van der Waals surface area contributed by atoms with Crippen LogP contribution in [0.15, 0.2) is 59.0 Å². The first-order valence-electron chi connectivity index (χ1n) is 9.32. The minimum absolute atomic E-state index is 0.0985. The summed E-state index contributed by atoms with van der Waals surface area (Å²) in [6, 6.07) is 15.0. The van der Waals surface area contributed by atoms with E-state index in [1.165, 1.54) is 25.3 Å². The van der Waals surface area contributed by atoms with E-state index in [1.54, 1.807) is 42.5 Å². The molecule has 0 saturated heterocycles. The van der Waals surface area contributed by atoms with Gasteiger partial charge in [-0.2, -0.15) is 13.7 Å². The lowest BCUT2D eigenvalue weighted by molar-refractivity contribution is -0.135. The van der Waals surface area contributed by atoms with E-state index in [4.69, 9.17) is 18.9 Å². The number of carbonyl (C=O) groups is 1. The van der Waals surface area contributed by atoms with Gasteiger partial charge in [-0.3, -0.25) is 4.18 Å². The van der Waals surface area contributed by atoms with Crippen molar-refractivity contribution in [3.8, 4) is 11.8 Å². The zero-order chi connectivity index (χ0) is 22.7. The van der Waals surface area contributed by atoms with E-state index in [1.807, 2.05) is 6.92 Å². The van der Waals surface area contributed by atoms with Crippen LogP contribution in [0.2, 0.25) is 0 Å². The summed E-state index contributed by atoms with van der Waals surface area (Å²) >= 11 is 0. The van der Waals surface area contributed by atoms with Gasteiger partial charge in [0.2, 0.25) is 0 Å². The zero-order valence-corrected chi connectivity index (χ0v) is 18.1. The number of carbonyl (C=O) groups excluding carboxylic acids is 1. The van der Waals surface area contributed by atoms with Crippen LogP contribution in [0.5, 0.6) is 5.75 Å². The van der Waals surface area contributed by atoms with Crippen LogP contribution in [0.4, 0.5) is 0 Å². The Morgan fingerprint density at radius 1 is 1.00 bits per heavy atom. The van der Waals surface area contributed by atoms with Gasteiger partial charge >= 0.3 is 5.97 Å². The lowest BCUT2D eigenvalue weighted by Crippen LogP contribution is -2.14. The van der Waals surface area contributed by atoms with Gasteiger partial charge in [0, 0.05) is 0 Å². The van der Waals surface area contributed by atoms with Gasteiger partial charge in [-0.05, 0) is 42.8 Å². The number of nitrogens with zero attached hydrogens (tertiary/aromatic N) is 1. The smallest absolute Gasteiger partial charge is 0.348 e. The summed E-state index contributed by atoms with van der Waals surface area (Å²) in [6.07, 6.45) is 1.42. The molecular formula is C22H23NO7S.